The molecule has 2 heteroatoms. The van der Waals surface area contributed by atoms with Gasteiger partial charge in [0.1, 0.15) is 6.17 Å². The predicted molar refractivity (Wildman–Crippen MR) is 122 cm³/mol. The highest BCUT2D eigenvalue weighted by Gasteiger charge is 2.23. The molecule has 0 aromatic rings. The molecular formula is C25H50N2. The maximum Gasteiger partial charge on any atom is 0.100 e. The van der Waals surface area contributed by atoms with Gasteiger partial charge in [-0.3, -0.25) is 0 Å². The van der Waals surface area contributed by atoms with Crippen molar-refractivity contribution in [3.05, 3.63) is 12.4 Å². The van der Waals surface area contributed by atoms with E-state index in [1.807, 2.05) is 0 Å². The lowest BCUT2D eigenvalue weighted by Gasteiger charge is -2.32. The Kier molecular flexibility index (Phi) is 15.7. The molecule has 1 aliphatic rings. The quantitative estimate of drug-likeness (QED) is 0.209. The van der Waals surface area contributed by atoms with Crippen LogP contribution in [0.15, 0.2) is 12.4 Å². The van der Waals surface area contributed by atoms with E-state index >= 15 is 0 Å². The molecule has 0 aromatic heterocycles. The monoisotopic (exact) mass is 378 g/mol. The van der Waals surface area contributed by atoms with Crippen molar-refractivity contribution >= 4 is 0 Å². The Morgan fingerprint density at radius 3 is 1.19 bits per heavy atom. The van der Waals surface area contributed by atoms with E-state index in [0.29, 0.717) is 6.17 Å². The van der Waals surface area contributed by atoms with Gasteiger partial charge in [-0.1, -0.05) is 111 Å². The molecule has 0 aliphatic carbocycles. The lowest BCUT2D eigenvalue weighted by molar-refractivity contribution is 0.144. The van der Waals surface area contributed by atoms with Gasteiger partial charge in [0.2, 0.25) is 0 Å². The standard InChI is InChI=1S/C25H50N2/c1-4-7-9-11-12-13-14-15-16-17-18-20-22-27-24-23-26(25(27)6-3)21-19-10-8-5-2/h23-25H,4-22H2,1-3H3. The number of hydrogen-bond acceptors (Lipinski definition) is 2. The molecule has 0 spiro atoms. The van der Waals surface area contributed by atoms with Crippen LogP contribution >= 0.6 is 0 Å². The summed E-state index contributed by atoms with van der Waals surface area (Å²) in [5.41, 5.74) is 0. The SMILES string of the molecule is CCCCCCCCCCCCCCN1C=CN(CCCCCC)C1CC. The summed E-state index contributed by atoms with van der Waals surface area (Å²) >= 11 is 0. The second-order valence-corrected chi connectivity index (χ2v) is 8.61. The Labute approximate surface area is 171 Å². The predicted octanol–water partition coefficient (Wildman–Crippen LogP) is 8.09. The van der Waals surface area contributed by atoms with E-state index < -0.39 is 0 Å². The first-order valence-electron chi connectivity index (χ1n) is 12.5. The zero-order valence-corrected chi connectivity index (χ0v) is 19.1. The van der Waals surface area contributed by atoms with Gasteiger partial charge in [-0.25, -0.2) is 0 Å². The highest BCUT2D eigenvalue weighted by Crippen LogP contribution is 2.21. The first kappa shape index (κ1) is 24.4. The molecule has 160 valence electrons. The minimum atomic E-state index is 0.624. The Morgan fingerprint density at radius 2 is 0.815 bits per heavy atom. The molecule has 1 atom stereocenters. The van der Waals surface area contributed by atoms with Crippen LogP contribution < -0.4 is 0 Å². The molecular weight excluding hydrogens is 328 g/mol. The largest absolute Gasteiger partial charge is 0.356 e. The maximum atomic E-state index is 2.59. The first-order valence-corrected chi connectivity index (χ1v) is 12.5. The van der Waals surface area contributed by atoms with Crippen molar-refractivity contribution in [1.82, 2.24) is 9.80 Å². The third kappa shape index (κ3) is 11.7. The fraction of sp³-hybridized carbons (Fsp3) is 0.920. The smallest absolute Gasteiger partial charge is 0.100 e. The fourth-order valence-electron chi connectivity index (χ4n) is 4.33. The molecule has 0 aromatic carbocycles. The first-order chi connectivity index (χ1) is 13.3. The van der Waals surface area contributed by atoms with E-state index in [2.05, 4.69) is 43.0 Å². The molecule has 1 aliphatic heterocycles. The maximum absolute atomic E-state index is 2.59. The van der Waals surface area contributed by atoms with Crippen molar-refractivity contribution in [3.8, 4) is 0 Å². The summed E-state index contributed by atoms with van der Waals surface area (Å²) in [5.74, 6) is 0. The summed E-state index contributed by atoms with van der Waals surface area (Å²) in [6.07, 6.45) is 29.2. The van der Waals surface area contributed by atoms with Crippen LogP contribution in [0.25, 0.3) is 0 Å². The topological polar surface area (TPSA) is 6.48 Å². The number of rotatable bonds is 19. The fourth-order valence-corrected chi connectivity index (χ4v) is 4.33. The van der Waals surface area contributed by atoms with Crippen molar-refractivity contribution in [3.63, 3.8) is 0 Å². The van der Waals surface area contributed by atoms with Gasteiger partial charge in [0.25, 0.3) is 0 Å². The normalized spacial score (nSPS) is 16.6. The molecule has 1 rings (SSSR count). The summed E-state index contributed by atoms with van der Waals surface area (Å²) in [5, 5.41) is 0. The summed E-state index contributed by atoms with van der Waals surface area (Å²) < 4.78 is 0. The molecule has 1 unspecified atom stereocenters. The molecule has 0 radical (unpaired) electrons. The van der Waals surface area contributed by atoms with Crippen LogP contribution in [0.1, 0.15) is 130 Å². The van der Waals surface area contributed by atoms with Gasteiger partial charge in [-0.05, 0) is 19.3 Å². The summed E-state index contributed by atoms with van der Waals surface area (Å²) in [4.78, 5) is 5.17. The van der Waals surface area contributed by atoms with Gasteiger partial charge in [0.05, 0.1) is 0 Å². The van der Waals surface area contributed by atoms with Gasteiger partial charge in [0, 0.05) is 25.5 Å². The zero-order chi connectivity index (χ0) is 19.6. The van der Waals surface area contributed by atoms with Crippen LogP contribution in [0, 0.1) is 0 Å². The van der Waals surface area contributed by atoms with Crippen molar-refractivity contribution in [2.24, 2.45) is 0 Å². The molecule has 0 amide bonds. The van der Waals surface area contributed by atoms with Gasteiger partial charge in [0.15, 0.2) is 0 Å². The molecule has 0 bridgehead atoms. The van der Waals surface area contributed by atoms with E-state index in [1.165, 1.54) is 122 Å². The lowest BCUT2D eigenvalue weighted by atomic mass is 10.1. The van der Waals surface area contributed by atoms with Crippen LogP contribution in [0.5, 0.6) is 0 Å². The number of nitrogens with zero attached hydrogens (tertiary/aromatic N) is 2. The van der Waals surface area contributed by atoms with Gasteiger partial charge in [-0.15, -0.1) is 0 Å². The van der Waals surface area contributed by atoms with Gasteiger partial charge < -0.3 is 9.80 Å². The Hall–Kier alpha value is -0.660. The third-order valence-electron chi connectivity index (χ3n) is 6.12. The lowest BCUT2D eigenvalue weighted by Crippen LogP contribution is -2.38. The van der Waals surface area contributed by atoms with Crippen molar-refractivity contribution in [2.75, 3.05) is 13.1 Å². The minimum Gasteiger partial charge on any atom is -0.356 e. The van der Waals surface area contributed by atoms with E-state index in [1.54, 1.807) is 0 Å². The highest BCUT2D eigenvalue weighted by atomic mass is 15.4. The molecule has 0 fully saturated rings. The number of hydrogen-bond donors (Lipinski definition) is 0. The van der Waals surface area contributed by atoms with E-state index in [0.717, 1.165) is 0 Å². The molecule has 1 heterocycles. The van der Waals surface area contributed by atoms with Crippen molar-refractivity contribution in [2.45, 2.75) is 136 Å². The van der Waals surface area contributed by atoms with Crippen LogP contribution in [0.4, 0.5) is 0 Å². The Balaban J connectivity index is 1.96. The molecule has 0 N–H and O–H groups in total. The van der Waals surface area contributed by atoms with E-state index in [9.17, 15) is 0 Å². The summed E-state index contributed by atoms with van der Waals surface area (Å²) in [7, 11) is 0. The summed E-state index contributed by atoms with van der Waals surface area (Å²) in [6.45, 7) is 9.42. The number of unbranched alkanes of at least 4 members (excludes halogenated alkanes) is 14. The van der Waals surface area contributed by atoms with E-state index in [-0.39, 0.29) is 0 Å². The van der Waals surface area contributed by atoms with Gasteiger partial charge in [-0.2, -0.15) is 0 Å². The van der Waals surface area contributed by atoms with Crippen molar-refractivity contribution in [1.29, 1.82) is 0 Å². The van der Waals surface area contributed by atoms with Gasteiger partial charge >= 0.3 is 0 Å². The summed E-state index contributed by atoms with van der Waals surface area (Å²) in [6, 6.07) is 0. The third-order valence-corrected chi connectivity index (χ3v) is 6.12. The molecule has 27 heavy (non-hydrogen) atoms. The van der Waals surface area contributed by atoms with Crippen LogP contribution in [0.3, 0.4) is 0 Å². The second-order valence-electron chi connectivity index (χ2n) is 8.61. The Bertz CT molecular complexity index is 339. The minimum absolute atomic E-state index is 0.624. The average molecular weight is 379 g/mol. The van der Waals surface area contributed by atoms with Crippen LogP contribution in [-0.2, 0) is 0 Å². The second kappa shape index (κ2) is 17.4. The Morgan fingerprint density at radius 1 is 0.481 bits per heavy atom. The van der Waals surface area contributed by atoms with Crippen LogP contribution in [-0.4, -0.2) is 29.1 Å². The average Bonchev–Trinajstić information content (AvgIpc) is 3.08. The molecule has 0 saturated heterocycles. The van der Waals surface area contributed by atoms with Crippen LogP contribution in [0.2, 0.25) is 0 Å². The highest BCUT2D eigenvalue weighted by molar-refractivity contribution is 4.96. The molecule has 2 nitrogen and oxygen atoms in total. The molecule has 0 saturated carbocycles. The van der Waals surface area contributed by atoms with Crippen molar-refractivity contribution < 1.29 is 0 Å². The van der Waals surface area contributed by atoms with E-state index in [4.69, 9.17) is 0 Å². The zero-order valence-electron chi connectivity index (χ0n) is 19.1.